The summed E-state index contributed by atoms with van der Waals surface area (Å²) in [5, 5.41) is 0.541. The summed E-state index contributed by atoms with van der Waals surface area (Å²) < 4.78 is 30.0. The number of hydrogen-bond acceptors (Lipinski definition) is 5. The topological polar surface area (TPSA) is 73.3 Å². The third-order valence-electron chi connectivity index (χ3n) is 3.40. The van der Waals surface area contributed by atoms with Crippen LogP contribution in [0.25, 0.3) is 10.9 Å². The molecule has 0 aliphatic rings. The van der Waals surface area contributed by atoms with E-state index in [2.05, 4.69) is 4.98 Å². The maximum Gasteiger partial charge on any atom is 0.339 e. The average molecular weight is 327 g/mol. The van der Waals surface area contributed by atoms with E-state index in [1.165, 1.54) is 30.5 Å². The number of pyridine rings is 1. The number of fused-ring (bicyclic) bond motifs is 1. The fraction of sp³-hybridized carbons (Fsp3) is 0.0588. The molecule has 0 unspecified atom stereocenters. The summed E-state index contributed by atoms with van der Waals surface area (Å²) in [4.78, 5) is 15.3. The van der Waals surface area contributed by atoms with Crippen LogP contribution in [-0.2, 0) is 10.1 Å². The number of benzene rings is 2. The second-order valence-electron chi connectivity index (χ2n) is 5.02. The van der Waals surface area contributed by atoms with E-state index in [-0.39, 0.29) is 10.6 Å². The monoisotopic (exact) mass is 327 g/mol. The van der Waals surface area contributed by atoms with Crippen LogP contribution in [0.4, 0.5) is 0 Å². The van der Waals surface area contributed by atoms with E-state index in [0.29, 0.717) is 22.8 Å². The predicted octanol–water partition coefficient (Wildman–Crippen LogP) is 3.12. The molecule has 1 aromatic heterocycles. The molecule has 1 heterocycles. The normalized spacial score (nSPS) is 11.3. The second kappa shape index (κ2) is 5.81. The van der Waals surface area contributed by atoms with Crippen LogP contribution >= 0.6 is 0 Å². The van der Waals surface area contributed by atoms with Gasteiger partial charge >= 0.3 is 10.1 Å². The molecule has 0 amide bonds. The van der Waals surface area contributed by atoms with E-state index in [4.69, 9.17) is 4.18 Å². The summed E-state index contributed by atoms with van der Waals surface area (Å²) in [5.41, 5.74) is 1.70. The number of rotatable bonds is 4. The van der Waals surface area contributed by atoms with E-state index in [0.717, 1.165) is 5.56 Å². The van der Waals surface area contributed by atoms with Crippen molar-refractivity contribution in [1.29, 1.82) is 0 Å². The largest absolute Gasteiger partial charge is 0.377 e. The molecule has 0 atom stereocenters. The Morgan fingerprint density at radius 3 is 2.48 bits per heavy atom. The molecule has 0 saturated carbocycles. The minimum atomic E-state index is -3.97. The lowest BCUT2D eigenvalue weighted by Crippen LogP contribution is -2.10. The molecule has 0 saturated heterocycles. The number of aryl methyl sites for hydroxylation is 1. The van der Waals surface area contributed by atoms with Gasteiger partial charge in [-0.2, -0.15) is 8.42 Å². The first-order valence-electron chi connectivity index (χ1n) is 6.85. The Morgan fingerprint density at radius 2 is 1.78 bits per heavy atom. The maximum absolute atomic E-state index is 12.4. The molecule has 23 heavy (non-hydrogen) atoms. The van der Waals surface area contributed by atoms with Crippen molar-refractivity contribution < 1.29 is 17.4 Å². The first kappa shape index (κ1) is 15.2. The van der Waals surface area contributed by atoms with E-state index >= 15 is 0 Å². The molecule has 0 spiro atoms. The molecule has 5 nitrogen and oxygen atoms in total. The van der Waals surface area contributed by atoms with Crippen LogP contribution in [-0.4, -0.2) is 19.7 Å². The molecular formula is C17H13NO4S. The Balaban J connectivity index is 2.08. The van der Waals surface area contributed by atoms with E-state index in [1.807, 2.05) is 6.92 Å². The van der Waals surface area contributed by atoms with Gasteiger partial charge in [0.05, 0.1) is 0 Å². The Bertz CT molecular complexity index is 979. The van der Waals surface area contributed by atoms with Gasteiger partial charge in [-0.1, -0.05) is 23.8 Å². The minimum Gasteiger partial charge on any atom is -0.377 e. The fourth-order valence-electron chi connectivity index (χ4n) is 2.21. The van der Waals surface area contributed by atoms with Crippen LogP contribution in [0.15, 0.2) is 59.6 Å². The lowest BCUT2D eigenvalue weighted by Gasteiger charge is -2.10. The van der Waals surface area contributed by atoms with E-state index in [9.17, 15) is 13.2 Å². The zero-order valence-corrected chi connectivity index (χ0v) is 13.1. The molecule has 6 heteroatoms. The van der Waals surface area contributed by atoms with Gasteiger partial charge < -0.3 is 4.18 Å². The number of carbonyl (C=O) groups is 1. The van der Waals surface area contributed by atoms with Crippen molar-refractivity contribution >= 4 is 27.3 Å². The molecular weight excluding hydrogens is 314 g/mol. The van der Waals surface area contributed by atoms with Crippen molar-refractivity contribution in [2.75, 3.05) is 0 Å². The quantitative estimate of drug-likeness (QED) is 0.544. The fourth-order valence-corrected chi connectivity index (χ4v) is 3.15. The lowest BCUT2D eigenvalue weighted by molar-refractivity contribution is 0.112. The highest BCUT2D eigenvalue weighted by Crippen LogP contribution is 2.28. The molecule has 3 aromatic rings. The molecule has 0 aliphatic carbocycles. The number of aromatic nitrogens is 1. The third kappa shape index (κ3) is 2.93. The van der Waals surface area contributed by atoms with Crippen molar-refractivity contribution in [1.82, 2.24) is 4.98 Å². The maximum atomic E-state index is 12.4. The zero-order valence-electron chi connectivity index (χ0n) is 12.3. The highest BCUT2D eigenvalue weighted by molar-refractivity contribution is 7.87. The van der Waals surface area contributed by atoms with E-state index < -0.39 is 10.1 Å². The van der Waals surface area contributed by atoms with Crippen molar-refractivity contribution in [3.8, 4) is 5.75 Å². The Labute approximate surface area is 133 Å². The van der Waals surface area contributed by atoms with Crippen molar-refractivity contribution in [3.05, 3.63) is 65.9 Å². The Hall–Kier alpha value is -2.73. The minimum absolute atomic E-state index is 0.0617. The third-order valence-corrected chi connectivity index (χ3v) is 4.65. The van der Waals surface area contributed by atoms with Crippen LogP contribution in [0.1, 0.15) is 15.9 Å². The van der Waals surface area contributed by atoms with Gasteiger partial charge in [-0.15, -0.1) is 0 Å². The summed E-state index contributed by atoms with van der Waals surface area (Å²) >= 11 is 0. The van der Waals surface area contributed by atoms with Crippen LogP contribution in [0.3, 0.4) is 0 Å². The van der Waals surface area contributed by atoms with Gasteiger partial charge in [0.25, 0.3) is 0 Å². The predicted molar refractivity (Wildman–Crippen MR) is 86.1 cm³/mol. The summed E-state index contributed by atoms with van der Waals surface area (Å²) in [6, 6.07) is 12.7. The molecule has 0 N–H and O–H groups in total. The summed E-state index contributed by atoms with van der Waals surface area (Å²) in [7, 11) is -3.97. The van der Waals surface area contributed by atoms with Gasteiger partial charge in [-0.3, -0.25) is 9.78 Å². The standard InChI is InChI=1S/C17H13NO4S/c1-12-4-7-14(8-5-12)23(20,21)22-16-9-6-13(11-19)15-3-2-10-18-17(15)16/h2-11H,1H3. The van der Waals surface area contributed by atoms with E-state index in [1.54, 1.807) is 24.3 Å². The van der Waals surface area contributed by atoms with Crippen molar-refractivity contribution in [3.63, 3.8) is 0 Å². The van der Waals surface area contributed by atoms with Crippen molar-refractivity contribution in [2.24, 2.45) is 0 Å². The number of aldehydes is 1. The highest BCUT2D eigenvalue weighted by atomic mass is 32.2. The summed E-state index contributed by atoms with van der Waals surface area (Å²) in [6.07, 6.45) is 2.21. The lowest BCUT2D eigenvalue weighted by atomic mass is 10.1. The molecule has 0 bridgehead atoms. The van der Waals surface area contributed by atoms with Gasteiger partial charge in [0.2, 0.25) is 0 Å². The molecule has 0 radical (unpaired) electrons. The second-order valence-corrected chi connectivity index (χ2v) is 6.57. The van der Waals surface area contributed by atoms with Crippen LogP contribution in [0, 0.1) is 6.92 Å². The molecule has 116 valence electrons. The average Bonchev–Trinajstić information content (AvgIpc) is 2.55. The SMILES string of the molecule is Cc1ccc(S(=O)(=O)Oc2ccc(C=O)c3cccnc23)cc1. The molecule has 3 rings (SSSR count). The first-order valence-corrected chi connectivity index (χ1v) is 8.26. The van der Waals surface area contributed by atoms with Crippen LogP contribution in [0.5, 0.6) is 5.75 Å². The number of carbonyl (C=O) groups excluding carboxylic acids is 1. The van der Waals surface area contributed by atoms with Gasteiger partial charge in [-0.05, 0) is 37.3 Å². The van der Waals surface area contributed by atoms with Crippen LogP contribution in [0.2, 0.25) is 0 Å². The zero-order chi connectivity index (χ0) is 16.4. The smallest absolute Gasteiger partial charge is 0.339 e. The van der Waals surface area contributed by atoms with Crippen LogP contribution < -0.4 is 4.18 Å². The number of nitrogens with zero attached hydrogens (tertiary/aromatic N) is 1. The van der Waals surface area contributed by atoms with Gasteiger partial charge in [-0.25, -0.2) is 0 Å². The van der Waals surface area contributed by atoms with Gasteiger partial charge in [0.15, 0.2) is 12.0 Å². The van der Waals surface area contributed by atoms with Gasteiger partial charge in [0, 0.05) is 17.1 Å². The molecule has 0 aliphatic heterocycles. The Morgan fingerprint density at radius 1 is 1.04 bits per heavy atom. The summed E-state index contributed by atoms with van der Waals surface area (Å²) in [6.45, 7) is 1.87. The highest BCUT2D eigenvalue weighted by Gasteiger charge is 2.19. The summed E-state index contributed by atoms with van der Waals surface area (Å²) in [5.74, 6) is 0.0896. The number of hydrogen-bond donors (Lipinski definition) is 0. The Kier molecular flexibility index (Phi) is 3.83. The molecule has 0 fully saturated rings. The van der Waals surface area contributed by atoms with Gasteiger partial charge in [0.1, 0.15) is 10.4 Å². The first-order chi connectivity index (χ1) is 11.0. The molecule has 2 aromatic carbocycles. The van der Waals surface area contributed by atoms with Crippen molar-refractivity contribution in [2.45, 2.75) is 11.8 Å².